The van der Waals surface area contributed by atoms with E-state index in [1.807, 2.05) is 10.6 Å². The third-order valence-electron chi connectivity index (χ3n) is 1.55. The molecule has 0 saturated carbocycles. The minimum atomic E-state index is -2.38. The van der Waals surface area contributed by atoms with Gasteiger partial charge < -0.3 is 5.11 Å². The molecule has 0 bridgehead atoms. The Morgan fingerprint density at radius 2 is 1.57 bits per heavy atom. The van der Waals surface area contributed by atoms with Crippen molar-refractivity contribution in [3.05, 3.63) is 0 Å². The van der Waals surface area contributed by atoms with Gasteiger partial charge in [0.05, 0.1) is 0 Å². The molecule has 1 aliphatic rings. The molecule has 9 heteroatoms. The fraction of sp³-hybridized carbons (Fsp3) is 0.600. The number of alkyl halides is 4. The summed E-state index contributed by atoms with van der Waals surface area (Å²) in [6.45, 7) is 0. The smallest absolute Gasteiger partial charge is 0.313 e. The normalized spacial score (nSPS) is 21.0. The molecule has 14 heavy (non-hydrogen) atoms. The Balaban J connectivity index is 2.98. The van der Waals surface area contributed by atoms with Crippen LogP contribution in [0.2, 0.25) is 0 Å². The maximum atomic E-state index is 10.8. The van der Waals surface area contributed by atoms with Crippen LogP contribution in [0.5, 0.6) is 0 Å². The Bertz CT molecular complexity index is 277. The van der Waals surface area contributed by atoms with E-state index in [0.717, 1.165) is 0 Å². The second-order valence-electron chi connectivity index (χ2n) is 2.54. The molecule has 0 aromatic rings. The summed E-state index contributed by atoms with van der Waals surface area (Å²) in [5, 5.41) is 13.3. The van der Waals surface area contributed by atoms with E-state index in [1.54, 1.807) is 0 Å². The number of halogens is 4. The fourth-order valence-corrected chi connectivity index (χ4v) is 1.30. The van der Waals surface area contributed by atoms with Crippen LogP contribution in [-0.4, -0.2) is 31.9 Å². The van der Waals surface area contributed by atoms with E-state index in [0.29, 0.717) is 0 Å². The average Bonchev–Trinajstić information content (AvgIpc) is 2.27. The molecule has 0 radical (unpaired) electrons. The Morgan fingerprint density at radius 3 is 1.86 bits per heavy atom. The summed E-state index contributed by atoms with van der Waals surface area (Å²) in [4.78, 5) is 20.1. The van der Waals surface area contributed by atoms with Crippen LogP contribution in [0.25, 0.3) is 0 Å². The van der Waals surface area contributed by atoms with Crippen LogP contribution in [0.3, 0.4) is 0 Å². The first-order valence-corrected chi connectivity index (χ1v) is 4.86. The van der Waals surface area contributed by atoms with Crippen LogP contribution in [0, 0.1) is 0 Å². The van der Waals surface area contributed by atoms with Gasteiger partial charge in [-0.05, 0) is 0 Å². The topological polar surface area (TPSA) is 78.4 Å². The SMILES string of the molecule is O=C1NC(O)(C(Cl)(Cl)C(Cl)Cl)NC1=O. The number of hydrogen-bond acceptors (Lipinski definition) is 3. The van der Waals surface area contributed by atoms with Crippen molar-refractivity contribution in [2.45, 2.75) is 15.0 Å². The molecule has 0 atom stereocenters. The van der Waals surface area contributed by atoms with Crippen molar-refractivity contribution in [1.82, 2.24) is 10.6 Å². The second-order valence-corrected chi connectivity index (χ2v) is 5.02. The highest BCUT2D eigenvalue weighted by Gasteiger charge is 2.59. The van der Waals surface area contributed by atoms with Gasteiger partial charge in [-0.2, -0.15) is 0 Å². The fourth-order valence-electron chi connectivity index (χ4n) is 0.798. The van der Waals surface area contributed by atoms with Crippen LogP contribution in [0.4, 0.5) is 0 Å². The van der Waals surface area contributed by atoms with E-state index in [1.165, 1.54) is 0 Å². The number of nitrogens with one attached hydrogen (secondary N) is 2. The number of aliphatic hydroxyl groups is 1. The standard InChI is InChI=1S/C5H4Cl4N2O3/c6-3(7)4(8,9)5(14)10-1(12)2(13)11-5/h3,14H,(H,10,12)(H,11,13). The molecule has 0 aromatic carbocycles. The highest BCUT2D eigenvalue weighted by molar-refractivity contribution is 6.60. The van der Waals surface area contributed by atoms with E-state index in [-0.39, 0.29) is 0 Å². The molecule has 0 unspecified atom stereocenters. The van der Waals surface area contributed by atoms with Crippen molar-refractivity contribution in [3.8, 4) is 0 Å². The average molecular weight is 282 g/mol. The van der Waals surface area contributed by atoms with Gasteiger partial charge in [0.1, 0.15) is 4.84 Å². The van der Waals surface area contributed by atoms with Gasteiger partial charge >= 0.3 is 11.8 Å². The summed E-state index contributed by atoms with van der Waals surface area (Å²) in [5.41, 5.74) is 0. The van der Waals surface area contributed by atoms with Crippen LogP contribution in [-0.2, 0) is 9.59 Å². The highest BCUT2D eigenvalue weighted by atomic mass is 35.5. The monoisotopic (exact) mass is 280 g/mol. The Hall–Kier alpha value is 0.0600. The van der Waals surface area contributed by atoms with Crippen molar-refractivity contribution in [2.24, 2.45) is 0 Å². The first-order chi connectivity index (χ1) is 6.21. The lowest BCUT2D eigenvalue weighted by atomic mass is 10.3. The molecule has 1 saturated heterocycles. The molecular formula is C5H4Cl4N2O3. The van der Waals surface area contributed by atoms with Gasteiger partial charge in [-0.1, -0.05) is 23.2 Å². The molecule has 0 aliphatic carbocycles. The van der Waals surface area contributed by atoms with Crippen LogP contribution in [0.1, 0.15) is 0 Å². The lowest BCUT2D eigenvalue weighted by molar-refractivity contribution is -0.135. The molecule has 0 aromatic heterocycles. The first kappa shape index (κ1) is 12.1. The molecule has 2 amide bonds. The molecule has 1 aliphatic heterocycles. The van der Waals surface area contributed by atoms with Crippen LogP contribution in [0.15, 0.2) is 0 Å². The number of carbonyl (C=O) groups excluding carboxylic acids is 2. The predicted molar refractivity (Wildman–Crippen MR) is 51.2 cm³/mol. The number of carbonyl (C=O) groups is 2. The molecule has 80 valence electrons. The predicted octanol–water partition coefficient (Wildman–Crippen LogP) is -0.144. The number of rotatable bonds is 2. The molecule has 1 heterocycles. The quantitative estimate of drug-likeness (QED) is 0.487. The summed E-state index contributed by atoms with van der Waals surface area (Å²) in [5.74, 6) is -4.53. The zero-order valence-electron chi connectivity index (χ0n) is 6.35. The summed E-state index contributed by atoms with van der Waals surface area (Å²) in [6.07, 6.45) is 0. The maximum absolute atomic E-state index is 10.8. The van der Waals surface area contributed by atoms with Crippen LogP contribution >= 0.6 is 46.4 Å². The van der Waals surface area contributed by atoms with Gasteiger partial charge in [0.25, 0.3) is 5.85 Å². The highest BCUT2D eigenvalue weighted by Crippen LogP contribution is 2.40. The summed E-state index contributed by atoms with van der Waals surface area (Å²) in [7, 11) is 0. The minimum absolute atomic E-state index is 1.08. The van der Waals surface area contributed by atoms with E-state index in [4.69, 9.17) is 46.4 Å². The van der Waals surface area contributed by atoms with Crippen molar-refractivity contribution < 1.29 is 14.7 Å². The number of hydrogen-bond donors (Lipinski definition) is 3. The van der Waals surface area contributed by atoms with Gasteiger partial charge in [0.15, 0.2) is 0 Å². The lowest BCUT2D eigenvalue weighted by Gasteiger charge is -2.34. The summed E-state index contributed by atoms with van der Waals surface area (Å²) < 4.78 is -2.15. The van der Waals surface area contributed by atoms with Crippen molar-refractivity contribution in [3.63, 3.8) is 0 Å². The summed E-state index contributed by atoms with van der Waals surface area (Å²) >= 11 is 21.9. The first-order valence-electron chi connectivity index (χ1n) is 3.23. The van der Waals surface area contributed by atoms with Crippen molar-refractivity contribution in [1.29, 1.82) is 0 Å². The minimum Gasteiger partial charge on any atom is -0.352 e. The van der Waals surface area contributed by atoms with Gasteiger partial charge in [-0.3, -0.25) is 20.2 Å². The number of amides is 2. The molecular weight excluding hydrogens is 278 g/mol. The molecule has 0 spiro atoms. The lowest BCUT2D eigenvalue weighted by Crippen LogP contribution is -2.64. The molecule has 1 fully saturated rings. The Kier molecular flexibility index (Phi) is 3.10. The van der Waals surface area contributed by atoms with Crippen LogP contribution < -0.4 is 10.6 Å². The molecule has 1 rings (SSSR count). The second kappa shape index (κ2) is 3.57. The Labute approximate surface area is 98.6 Å². The summed E-state index contributed by atoms with van der Waals surface area (Å²) in [6, 6.07) is 0. The van der Waals surface area contributed by atoms with E-state index >= 15 is 0 Å². The zero-order chi connectivity index (χ0) is 11.1. The third kappa shape index (κ3) is 1.75. The van der Waals surface area contributed by atoms with Gasteiger partial charge in [-0.15, -0.1) is 23.2 Å². The Morgan fingerprint density at radius 1 is 1.21 bits per heavy atom. The molecule has 5 nitrogen and oxygen atoms in total. The third-order valence-corrected chi connectivity index (χ3v) is 3.64. The van der Waals surface area contributed by atoms with Gasteiger partial charge in [-0.25, -0.2) is 0 Å². The van der Waals surface area contributed by atoms with E-state index in [9.17, 15) is 14.7 Å². The largest absolute Gasteiger partial charge is 0.352 e. The van der Waals surface area contributed by atoms with Crippen molar-refractivity contribution in [2.75, 3.05) is 0 Å². The maximum Gasteiger partial charge on any atom is 0.313 e. The van der Waals surface area contributed by atoms with Gasteiger partial charge in [0, 0.05) is 0 Å². The molecule has 3 N–H and O–H groups in total. The van der Waals surface area contributed by atoms with Gasteiger partial charge in [0.2, 0.25) is 4.33 Å². The van der Waals surface area contributed by atoms with E-state index < -0.39 is 26.8 Å². The van der Waals surface area contributed by atoms with E-state index in [2.05, 4.69) is 0 Å². The zero-order valence-corrected chi connectivity index (χ0v) is 9.38. The van der Waals surface area contributed by atoms with Crippen molar-refractivity contribution >= 4 is 58.2 Å².